The topological polar surface area (TPSA) is 53.4 Å². The van der Waals surface area contributed by atoms with Gasteiger partial charge in [0, 0.05) is 19.2 Å². The Morgan fingerprint density at radius 2 is 2.31 bits per heavy atom. The minimum atomic E-state index is -0.791. The van der Waals surface area contributed by atoms with Crippen LogP contribution in [0.4, 0.5) is 4.39 Å². The van der Waals surface area contributed by atoms with Gasteiger partial charge in [0.15, 0.2) is 0 Å². The molecule has 0 saturated heterocycles. The lowest BCUT2D eigenvalue weighted by Crippen LogP contribution is -2.20. The van der Waals surface area contributed by atoms with Gasteiger partial charge in [-0.25, -0.2) is 4.39 Å². The molecule has 0 aliphatic heterocycles. The second kappa shape index (κ2) is 6.17. The maximum absolute atomic E-state index is 12.8. The Labute approximate surface area is 93.7 Å². The van der Waals surface area contributed by atoms with E-state index in [9.17, 15) is 9.18 Å². The van der Waals surface area contributed by atoms with Crippen molar-refractivity contribution in [1.29, 1.82) is 0 Å². The van der Waals surface area contributed by atoms with Crippen LogP contribution in [0.3, 0.4) is 0 Å². The van der Waals surface area contributed by atoms with Gasteiger partial charge in [-0.2, -0.15) is 0 Å². The number of hydrogen-bond donors (Lipinski definition) is 1. The first-order chi connectivity index (χ1) is 7.58. The predicted octanol–water partition coefficient (Wildman–Crippen LogP) is 1.52. The van der Waals surface area contributed by atoms with Crippen molar-refractivity contribution in [3.8, 4) is 0 Å². The Morgan fingerprint density at radius 1 is 1.56 bits per heavy atom. The van der Waals surface area contributed by atoms with Crippen molar-refractivity contribution >= 4 is 5.97 Å². The van der Waals surface area contributed by atoms with E-state index in [1.807, 2.05) is 11.9 Å². The number of aliphatic carboxylic acids is 1. The molecule has 0 saturated carbocycles. The molecule has 1 N–H and O–H groups in total. The summed E-state index contributed by atoms with van der Waals surface area (Å²) in [5, 5.41) is 8.47. The number of aromatic nitrogens is 1. The Bertz CT molecular complexity index is 358. The minimum Gasteiger partial charge on any atom is -0.481 e. The Morgan fingerprint density at radius 3 is 2.94 bits per heavy atom. The van der Waals surface area contributed by atoms with Crippen LogP contribution in [0.15, 0.2) is 18.5 Å². The highest BCUT2D eigenvalue weighted by molar-refractivity contribution is 5.66. The second-order valence-corrected chi connectivity index (χ2v) is 3.75. The van der Waals surface area contributed by atoms with Crippen molar-refractivity contribution in [3.63, 3.8) is 0 Å². The summed E-state index contributed by atoms with van der Waals surface area (Å²) in [5.41, 5.74) is 0.790. The Balaban J connectivity index is 2.33. The molecule has 1 rings (SSSR count). The molecule has 1 aromatic heterocycles. The van der Waals surface area contributed by atoms with Crippen molar-refractivity contribution in [2.45, 2.75) is 19.4 Å². The SMILES string of the molecule is CN(CCCC(=O)O)Cc1cncc(F)c1. The van der Waals surface area contributed by atoms with Gasteiger partial charge in [-0.15, -0.1) is 0 Å². The molecule has 5 heteroatoms. The maximum atomic E-state index is 12.8. The monoisotopic (exact) mass is 226 g/mol. The van der Waals surface area contributed by atoms with Gasteiger partial charge >= 0.3 is 5.97 Å². The number of rotatable bonds is 6. The van der Waals surface area contributed by atoms with E-state index in [4.69, 9.17) is 5.11 Å². The third-order valence-corrected chi connectivity index (χ3v) is 2.14. The van der Waals surface area contributed by atoms with Crippen molar-refractivity contribution in [3.05, 3.63) is 29.8 Å². The maximum Gasteiger partial charge on any atom is 0.303 e. The molecule has 0 radical (unpaired) electrons. The van der Waals surface area contributed by atoms with Crippen LogP contribution < -0.4 is 0 Å². The van der Waals surface area contributed by atoms with E-state index in [0.717, 1.165) is 11.8 Å². The number of hydrogen-bond acceptors (Lipinski definition) is 3. The van der Waals surface area contributed by atoms with Crippen LogP contribution in [-0.2, 0) is 11.3 Å². The molecule has 0 aromatic carbocycles. The summed E-state index contributed by atoms with van der Waals surface area (Å²) in [7, 11) is 1.87. The summed E-state index contributed by atoms with van der Waals surface area (Å²) < 4.78 is 12.8. The van der Waals surface area contributed by atoms with E-state index < -0.39 is 5.97 Å². The fraction of sp³-hybridized carbons (Fsp3) is 0.455. The number of carboxylic acids is 1. The summed E-state index contributed by atoms with van der Waals surface area (Å²) in [5.74, 6) is -1.14. The summed E-state index contributed by atoms with van der Waals surface area (Å²) in [6.07, 6.45) is 3.52. The number of carbonyl (C=O) groups is 1. The van der Waals surface area contributed by atoms with Crippen LogP contribution in [-0.4, -0.2) is 34.6 Å². The molecule has 0 atom stereocenters. The lowest BCUT2D eigenvalue weighted by molar-refractivity contribution is -0.137. The highest BCUT2D eigenvalue weighted by Gasteiger charge is 2.03. The fourth-order valence-corrected chi connectivity index (χ4v) is 1.43. The first-order valence-electron chi connectivity index (χ1n) is 5.07. The molecule has 4 nitrogen and oxygen atoms in total. The van der Waals surface area contributed by atoms with Gasteiger partial charge in [0.05, 0.1) is 6.20 Å². The average molecular weight is 226 g/mol. The van der Waals surface area contributed by atoms with Crippen LogP contribution in [0, 0.1) is 5.82 Å². The Kier molecular flexibility index (Phi) is 4.85. The molecule has 0 spiro atoms. The number of pyridine rings is 1. The average Bonchev–Trinajstić information content (AvgIpc) is 2.16. The molecule has 0 fully saturated rings. The smallest absolute Gasteiger partial charge is 0.303 e. The van der Waals surface area contributed by atoms with E-state index in [-0.39, 0.29) is 12.2 Å². The zero-order valence-electron chi connectivity index (χ0n) is 9.19. The molecule has 0 bridgehead atoms. The number of carboxylic acid groups (broad SMARTS) is 1. The summed E-state index contributed by atoms with van der Waals surface area (Å²) in [6, 6.07) is 1.43. The zero-order valence-corrected chi connectivity index (χ0v) is 9.19. The molecule has 16 heavy (non-hydrogen) atoms. The lowest BCUT2D eigenvalue weighted by atomic mass is 10.2. The van der Waals surface area contributed by atoms with Gasteiger partial charge < -0.3 is 10.0 Å². The van der Waals surface area contributed by atoms with Crippen LogP contribution in [0.25, 0.3) is 0 Å². The molecular formula is C11H15FN2O2. The van der Waals surface area contributed by atoms with Crippen LogP contribution in [0.2, 0.25) is 0 Å². The molecule has 0 aliphatic carbocycles. The van der Waals surface area contributed by atoms with E-state index in [2.05, 4.69) is 4.98 Å². The Hall–Kier alpha value is -1.49. The first-order valence-corrected chi connectivity index (χ1v) is 5.07. The third-order valence-electron chi connectivity index (χ3n) is 2.14. The van der Waals surface area contributed by atoms with Crippen molar-refractivity contribution in [1.82, 2.24) is 9.88 Å². The van der Waals surface area contributed by atoms with Gasteiger partial charge in [0.25, 0.3) is 0 Å². The lowest BCUT2D eigenvalue weighted by Gasteiger charge is -2.15. The highest BCUT2D eigenvalue weighted by Crippen LogP contribution is 2.04. The van der Waals surface area contributed by atoms with Gasteiger partial charge in [0.1, 0.15) is 5.82 Å². The minimum absolute atomic E-state index is 0.158. The van der Waals surface area contributed by atoms with E-state index in [1.54, 1.807) is 6.20 Å². The van der Waals surface area contributed by atoms with Gasteiger partial charge in [0.2, 0.25) is 0 Å². The first kappa shape index (κ1) is 12.6. The van der Waals surface area contributed by atoms with E-state index in [0.29, 0.717) is 19.5 Å². The van der Waals surface area contributed by atoms with Gasteiger partial charge in [-0.1, -0.05) is 0 Å². The van der Waals surface area contributed by atoms with Crippen LogP contribution in [0.1, 0.15) is 18.4 Å². The highest BCUT2D eigenvalue weighted by atomic mass is 19.1. The number of halogens is 1. The molecule has 1 aromatic rings. The summed E-state index contributed by atoms with van der Waals surface area (Å²) in [6.45, 7) is 1.24. The quantitative estimate of drug-likeness (QED) is 0.799. The van der Waals surface area contributed by atoms with Crippen molar-refractivity contribution in [2.24, 2.45) is 0 Å². The van der Waals surface area contributed by atoms with Crippen molar-refractivity contribution < 1.29 is 14.3 Å². The van der Waals surface area contributed by atoms with Gasteiger partial charge in [-0.3, -0.25) is 9.78 Å². The second-order valence-electron chi connectivity index (χ2n) is 3.75. The van der Waals surface area contributed by atoms with Crippen molar-refractivity contribution in [2.75, 3.05) is 13.6 Å². The molecule has 0 aliphatic rings. The van der Waals surface area contributed by atoms with Gasteiger partial charge in [-0.05, 0) is 31.6 Å². The molecule has 1 heterocycles. The predicted molar refractivity (Wildman–Crippen MR) is 57.4 cm³/mol. The fourth-order valence-electron chi connectivity index (χ4n) is 1.43. The molecule has 0 unspecified atom stereocenters. The van der Waals surface area contributed by atoms with E-state index in [1.165, 1.54) is 6.07 Å². The van der Waals surface area contributed by atoms with Crippen LogP contribution >= 0.6 is 0 Å². The van der Waals surface area contributed by atoms with E-state index >= 15 is 0 Å². The largest absolute Gasteiger partial charge is 0.481 e. The third kappa shape index (κ3) is 4.84. The summed E-state index contributed by atoms with van der Waals surface area (Å²) >= 11 is 0. The normalized spacial score (nSPS) is 10.7. The number of nitrogens with zero attached hydrogens (tertiary/aromatic N) is 2. The molecular weight excluding hydrogens is 211 g/mol. The molecule has 88 valence electrons. The standard InChI is InChI=1S/C11H15FN2O2/c1-14(4-2-3-11(15)16)8-9-5-10(12)7-13-6-9/h5-7H,2-4,8H2,1H3,(H,15,16). The van der Waals surface area contributed by atoms with Crippen LogP contribution in [0.5, 0.6) is 0 Å². The summed E-state index contributed by atoms with van der Waals surface area (Å²) in [4.78, 5) is 16.0. The zero-order chi connectivity index (χ0) is 12.0. The molecule has 0 amide bonds.